The molecule has 0 saturated carbocycles. The standard InChI is InChI=1S/C11H16N4O3/c1-9-3-2-4-14(5-9)11(16)7-13-6-10(12-8-13)15(17)18/h6,8-9H,2-5,7H2,1H3. The number of hydrogen-bond donors (Lipinski definition) is 0. The van der Waals surface area contributed by atoms with Gasteiger partial charge in [-0.05, 0) is 28.7 Å². The first kappa shape index (κ1) is 12.5. The molecular weight excluding hydrogens is 236 g/mol. The summed E-state index contributed by atoms with van der Waals surface area (Å²) in [6.07, 6.45) is 4.78. The van der Waals surface area contributed by atoms with Gasteiger partial charge in [0, 0.05) is 13.1 Å². The van der Waals surface area contributed by atoms with Crippen molar-refractivity contribution in [2.75, 3.05) is 13.1 Å². The van der Waals surface area contributed by atoms with E-state index in [2.05, 4.69) is 11.9 Å². The van der Waals surface area contributed by atoms with Crippen LogP contribution in [0.2, 0.25) is 0 Å². The third-order valence-electron chi connectivity index (χ3n) is 3.13. The van der Waals surface area contributed by atoms with Crippen LogP contribution in [0.5, 0.6) is 0 Å². The number of nitro groups is 1. The van der Waals surface area contributed by atoms with Crippen molar-refractivity contribution in [3.05, 3.63) is 22.6 Å². The van der Waals surface area contributed by atoms with Crippen molar-refractivity contribution in [3.63, 3.8) is 0 Å². The molecule has 0 N–H and O–H groups in total. The van der Waals surface area contributed by atoms with Gasteiger partial charge in [0.1, 0.15) is 12.7 Å². The first-order valence-corrected chi connectivity index (χ1v) is 6.00. The number of carbonyl (C=O) groups is 1. The van der Waals surface area contributed by atoms with Crippen molar-refractivity contribution >= 4 is 11.7 Å². The van der Waals surface area contributed by atoms with Crippen molar-refractivity contribution in [2.45, 2.75) is 26.3 Å². The quantitative estimate of drug-likeness (QED) is 0.594. The van der Waals surface area contributed by atoms with E-state index in [9.17, 15) is 14.9 Å². The normalized spacial score (nSPS) is 19.8. The summed E-state index contributed by atoms with van der Waals surface area (Å²) in [5, 5.41) is 10.5. The Bertz CT molecular complexity index is 457. The molecule has 0 aromatic carbocycles. The fraction of sp³-hybridized carbons (Fsp3) is 0.636. The predicted octanol–water partition coefficient (Wildman–Crippen LogP) is 1.05. The molecule has 7 nitrogen and oxygen atoms in total. The lowest BCUT2D eigenvalue weighted by Crippen LogP contribution is -2.40. The van der Waals surface area contributed by atoms with Crippen molar-refractivity contribution in [1.82, 2.24) is 14.5 Å². The number of aromatic nitrogens is 2. The highest BCUT2D eigenvalue weighted by Gasteiger charge is 2.21. The van der Waals surface area contributed by atoms with E-state index in [0.29, 0.717) is 5.92 Å². The van der Waals surface area contributed by atoms with E-state index in [4.69, 9.17) is 0 Å². The van der Waals surface area contributed by atoms with Gasteiger partial charge in [-0.15, -0.1) is 0 Å². The van der Waals surface area contributed by atoms with Crippen molar-refractivity contribution in [3.8, 4) is 0 Å². The number of hydrogen-bond acceptors (Lipinski definition) is 4. The molecule has 7 heteroatoms. The molecule has 0 bridgehead atoms. The highest BCUT2D eigenvalue weighted by atomic mass is 16.6. The van der Waals surface area contributed by atoms with Gasteiger partial charge in [0.05, 0.1) is 0 Å². The van der Waals surface area contributed by atoms with Crippen LogP contribution in [-0.4, -0.2) is 38.4 Å². The molecule has 0 aliphatic carbocycles. The monoisotopic (exact) mass is 252 g/mol. The highest BCUT2D eigenvalue weighted by molar-refractivity contribution is 5.76. The number of nitrogens with zero attached hydrogens (tertiary/aromatic N) is 4. The van der Waals surface area contributed by atoms with Gasteiger partial charge in [-0.1, -0.05) is 6.92 Å². The Morgan fingerprint density at radius 3 is 3.06 bits per heavy atom. The summed E-state index contributed by atoms with van der Waals surface area (Å²) in [4.78, 5) is 27.4. The predicted molar refractivity (Wildman–Crippen MR) is 63.9 cm³/mol. The first-order valence-electron chi connectivity index (χ1n) is 6.00. The lowest BCUT2D eigenvalue weighted by molar-refractivity contribution is -0.389. The molecule has 0 spiro atoms. The van der Waals surface area contributed by atoms with Crippen LogP contribution in [0.1, 0.15) is 19.8 Å². The van der Waals surface area contributed by atoms with Gasteiger partial charge in [-0.3, -0.25) is 4.79 Å². The molecule has 0 radical (unpaired) electrons. The van der Waals surface area contributed by atoms with Crippen LogP contribution in [0, 0.1) is 16.0 Å². The Morgan fingerprint density at radius 1 is 1.67 bits per heavy atom. The molecule has 98 valence electrons. The molecule has 1 saturated heterocycles. The summed E-state index contributed by atoms with van der Waals surface area (Å²) in [6, 6.07) is 0. The Labute approximate surface area is 105 Å². The maximum atomic E-state index is 12.0. The second kappa shape index (κ2) is 5.16. The maximum Gasteiger partial charge on any atom is 0.381 e. The van der Waals surface area contributed by atoms with Crippen LogP contribution in [0.15, 0.2) is 12.5 Å². The van der Waals surface area contributed by atoms with Crippen LogP contribution in [0.25, 0.3) is 0 Å². The lowest BCUT2D eigenvalue weighted by Gasteiger charge is -2.30. The molecule has 1 atom stereocenters. The number of likely N-dealkylation sites (tertiary alicyclic amines) is 1. The third kappa shape index (κ3) is 2.85. The minimum Gasteiger partial charge on any atom is -0.358 e. The van der Waals surface area contributed by atoms with Crippen LogP contribution in [-0.2, 0) is 11.3 Å². The number of imidazole rings is 1. The zero-order chi connectivity index (χ0) is 13.1. The van der Waals surface area contributed by atoms with Gasteiger partial charge in [-0.2, -0.15) is 0 Å². The van der Waals surface area contributed by atoms with Crippen LogP contribution in [0.3, 0.4) is 0 Å². The van der Waals surface area contributed by atoms with E-state index in [0.717, 1.165) is 25.9 Å². The second-order valence-corrected chi connectivity index (χ2v) is 4.75. The summed E-state index contributed by atoms with van der Waals surface area (Å²) < 4.78 is 1.46. The zero-order valence-electron chi connectivity index (χ0n) is 10.3. The van der Waals surface area contributed by atoms with E-state index < -0.39 is 4.92 Å². The lowest BCUT2D eigenvalue weighted by atomic mass is 10.0. The average molecular weight is 252 g/mol. The Balaban J connectivity index is 1.95. The second-order valence-electron chi connectivity index (χ2n) is 4.75. The topological polar surface area (TPSA) is 81.3 Å². The molecule has 2 rings (SSSR count). The molecule has 1 aromatic heterocycles. The van der Waals surface area contributed by atoms with Gasteiger partial charge in [0.25, 0.3) is 0 Å². The van der Waals surface area contributed by atoms with Gasteiger partial charge in [-0.25, -0.2) is 0 Å². The summed E-state index contributed by atoms with van der Waals surface area (Å²) in [5.74, 6) is 0.295. The van der Waals surface area contributed by atoms with Crippen molar-refractivity contribution in [2.24, 2.45) is 5.92 Å². The SMILES string of the molecule is CC1CCCN(C(=O)Cn2cnc([N+](=O)[O-])c2)C1. The number of amides is 1. The van der Waals surface area contributed by atoms with E-state index >= 15 is 0 Å². The summed E-state index contributed by atoms with van der Waals surface area (Å²) >= 11 is 0. The molecule has 1 amide bonds. The van der Waals surface area contributed by atoms with Crippen LogP contribution < -0.4 is 0 Å². The van der Waals surface area contributed by atoms with Crippen LogP contribution in [0.4, 0.5) is 5.82 Å². The van der Waals surface area contributed by atoms with E-state index in [1.54, 1.807) is 0 Å². The molecule has 1 fully saturated rings. The fourth-order valence-corrected chi connectivity index (χ4v) is 2.20. The summed E-state index contributed by atoms with van der Waals surface area (Å²) in [7, 11) is 0. The van der Waals surface area contributed by atoms with Crippen molar-refractivity contribution in [1.29, 1.82) is 0 Å². The molecule has 2 heterocycles. The van der Waals surface area contributed by atoms with E-state index in [1.807, 2.05) is 4.90 Å². The Morgan fingerprint density at radius 2 is 2.44 bits per heavy atom. The minimum atomic E-state index is -0.566. The van der Waals surface area contributed by atoms with Crippen LogP contribution >= 0.6 is 0 Å². The molecule has 1 unspecified atom stereocenters. The summed E-state index contributed by atoms with van der Waals surface area (Å²) in [6.45, 7) is 3.80. The van der Waals surface area contributed by atoms with Gasteiger partial charge in [0.2, 0.25) is 12.2 Å². The molecule has 18 heavy (non-hydrogen) atoms. The van der Waals surface area contributed by atoms with Crippen molar-refractivity contribution < 1.29 is 9.72 Å². The number of rotatable bonds is 3. The minimum absolute atomic E-state index is 0.00570. The Kier molecular flexibility index (Phi) is 3.59. The van der Waals surface area contributed by atoms with Gasteiger partial charge in [0.15, 0.2) is 0 Å². The molecule has 1 aromatic rings. The molecular formula is C11H16N4O3. The van der Waals surface area contributed by atoms with Gasteiger partial charge < -0.3 is 19.6 Å². The average Bonchev–Trinajstić information content (AvgIpc) is 2.77. The largest absolute Gasteiger partial charge is 0.381 e. The number of carbonyl (C=O) groups excluding carboxylic acids is 1. The highest BCUT2D eigenvalue weighted by Crippen LogP contribution is 2.16. The smallest absolute Gasteiger partial charge is 0.358 e. The Hall–Kier alpha value is -1.92. The first-order chi connectivity index (χ1) is 8.56. The summed E-state index contributed by atoms with van der Waals surface area (Å²) in [5.41, 5.74) is 0. The van der Waals surface area contributed by atoms with Gasteiger partial charge >= 0.3 is 5.82 Å². The number of piperidine rings is 1. The fourth-order valence-electron chi connectivity index (χ4n) is 2.20. The zero-order valence-corrected chi connectivity index (χ0v) is 10.3. The van der Waals surface area contributed by atoms with E-state index in [1.165, 1.54) is 17.1 Å². The van der Waals surface area contributed by atoms with E-state index in [-0.39, 0.29) is 18.3 Å². The third-order valence-corrected chi connectivity index (χ3v) is 3.13. The molecule has 1 aliphatic rings. The maximum absolute atomic E-state index is 12.0. The molecule has 1 aliphatic heterocycles.